The second kappa shape index (κ2) is 14.9. The molecule has 48 heavy (non-hydrogen) atoms. The largest absolute Gasteiger partial charge is 0.508 e. The Hall–Kier alpha value is -4.84. The SMILES string of the molecule is O=C(C=Cc1ccc(O)cc1)O[C@@H]1C[C@](O)(C(=O)O)C[C@@H](OO[C@@H]2[C@H](O)C[C@@](O)(C(=O)O)C[C@H]2OC(=O)C=Cc2ccc(O)cc2)[C@H]1O. The summed E-state index contributed by atoms with van der Waals surface area (Å²) in [6.45, 7) is 0. The van der Waals surface area contributed by atoms with Gasteiger partial charge in [0, 0.05) is 37.8 Å². The van der Waals surface area contributed by atoms with Crippen LogP contribution >= 0.6 is 0 Å². The van der Waals surface area contributed by atoms with E-state index in [1.165, 1.54) is 60.7 Å². The monoisotopic (exact) mass is 674 g/mol. The Morgan fingerprint density at radius 1 is 0.625 bits per heavy atom. The van der Waals surface area contributed by atoms with E-state index in [4.69, 9.17) is 19.2 Å². The molecular weight excluding hydrogens is 640 g/mol. The first-order chi connectivity index (χ1) is 22.6. The van der Waals surface area contributed by atoms with Crippen LogP contribution in [0.3, 0.4) is 0 Å². The highest BCUT2D eigenvalue weighted by Crippen LogP contribution is 2.36. The van der Waals surface area contributed by atoms with E-state index in [1.54, 1.807) is 0 Å². The maximum Gasteiger partial charge on any atom is 0.335 e. The summed E-state index contributed by atoms with van der Waals surface area (Å²) < 4.78 is 10.5. The van der Waals surface area contributed by atoms with Gasteiger partial charge in [0.05, 0.1) is 6.10 Å². The van der Waals surface area contributed by atoms with E-state index < -0.39 is 97.4 Å². The first kappa shape index (κ1) is 36.0. The van der Waals surface area contributed by atoms with Crippen LogP contribution in [0, 0.1) is 0 Å². The fourth-order valence-corrected chi connectivity index (χ4v) is 5.27. The summed E-state index contributed by atoms with van der Waals surface area (Å²) in [6, 6.07) is 11.4. The number of aliphatic carboxylic acids is 2. The summed E-state index contributed by atoms with van der Waals surface area (Å²) >= 11 is 0. The molecule has 2 fully saturated rings. The maximum atomic E-state index is 12.6. The molecule has 0 radical (unpaired) electrons. The highest BCUT2D eigenvalue weighted by molar-refractivity contribution is 5.88. The summed E-state index contributed by atoms with van der Waals surface area (Å²) in [4.78, 5) is 59.4. The number of phenols is 2. The highest BCUT2D eigenvalue weighted by Gasteiger charge is 2.55. The van der Waals surface area contributed by atoms with Crippen LogP contribution in [0.15, 0.2) is 60.7 Å². The molecule has 16 nitrogen and oxygen atoms in total. The number of benzene rings is 2. The summed E-state index contributed by atoms with van der Waals surface area (Å²) in [7, 11) is 0. The molecule has 0 aromatic heterocycles. The highest BCUT2D eigenvalue weighted by atomic mass is 17.2. The number of ether oxygens (including phenoxy) is 2. The Kier molecular flexibility index (Phi) is 11.2. The van der Waals surface area contributed by atoms with E-state index in [9.17, 15) is 60.0 Å². The van der Waals surface area contributed by atoms with Crippen LogP contribution in [-0.2, 0) is 38.4 Å². The van der Waals surface area contributed by atoms with Gasteiger partial charge in [0.15, 0.2) is 17.3 Å². The van der Waals surface area contributed by atoms with Crippen LogP contribution in [0.25, 0.3) is 12.2 Å². The normalized spacial score (nSPS) is 30.6. The molecule has 0 saturated heterocycles. The Bertz CT molecular complexity index is 1540. The second-order valence-corrected chi connectivity index (χ2v) is 11.5. The summed E-state index contributed by atoms with van der Waals surface area (Å²) in [5.74, 6) is -5.56. The number of carboxylic acids is 2. The summed E-state index contributed by atoms with van der Waals surface area (Å²) in [5, 5.41) is 81.1. The Labute approximate surface area is 272 Å². The minimum Gasteiger partial charge on any atom is -0.508 e. The van der Waals surface area contributed by atoms with Gasteiger partial charge >= 0.3 is 23.9 Å². The van der Waals surface area contributed by atoms with Crippen molar-refractivity contribution in [2.24, 2.45) is 0 Å². The lowest BCUT2D eigenvalue weighted by Crippen LogP contribution is -2.60. The number of hydrogen-bond donors (Lipinski definition) is 8. The molecule has 0 aliphatic heterocycles. The van der Waals surface area contributed by atoms with Crippen LogP contribution in [0.2, 0.25) is 0 Å². The van der Waals surface area contributed by atoms with Crippen LogP contribution in [0.4, 0.5) is 0 Å². The van der Waals surface area contributed by atoms with Gasteiger partial charge in [0.2, 0.25) is 0 Å². The van der Waals surface area contributed by atoms with Crippen molar-refractivity contribution in [3.63, 3.8) is 0 Å². The molecule has 2 aromatic carbocycles. The molecule has 0 bridgehead atoms. The predicted molar refractivity (Wildman–Crippen MR) is 159 cm³/mol. The molecule has 2 aliphatic rings. The third-order valence-corrected chi connectivity index (χ3v) is 7.90. The average Bonchev–Trinajstić information content (AvgIpc) is 3.02. The second-order valence-electron chi connectivity index (χ2n) is 11.5. The van der Waals surface area contributed by atoms with E-state index in [1.807, 2.05) is 0 Å². The zero-order valence-corrected chi connectivity index (χ0v) is 25.1. The number of aliphatic hydroxyl groups excluding tert-OH is 2. The fraction of sp³-hybridized carbons (Fsp3) is 0.375. The molecular formula is C32H34O16. The molecule has 4 rings (SSSR count). The number of aliphatic hydroxyl groups is 4. The first-order valence-electron chi connectivity index (χ1n) is 14.5. The van der Waals surface area contributed by atoms with Crippen molar-refractivity contribution in [1.82, 2.24) is 0 Å². The van der Waals surface area contributed by atoms with E-state index in [-0.39, 0.29) is 11.5 Å². The third kappa shape index (κ3) is 8.94. The zero-order chi connectivity index (χ0) is 35.2. The number of carbonyl (C=O) groups excluding carboxylic acids is 2. The van der Waals surface area contributed by atoms with Crippen LogP contribution in [0.1, 0.15) is 36.8 Å². The molecule has 2 aromatic rings. The molecule has 8 N–H and O–H groups in total. The van der Waals surface area contributed by atoms with Crippen LogP contribution in [-0.4, -0.2) is 113 Å². The number of carboxylic acid groups (broad SMARTS) is 2. The van der Waals surface area contributed by atoms with Gasteiger partial charge in [-0.2, -0.15) is 0 Å². The Morgan fingerprint density at radius 2 is 1.04 bits per heavy atom. The fourth-order valence-electron chi connectivity index (χ4n) is 5.27. The minimum atomic E-state index is -2.58. The molecule has 8 atom stereocenters. The topological polar surface area (TPSA) is 267 Å². The van der Waals surface area contributed by atoms with Crippen molar-refractivity contribution in [3.05, 3.63) is 71.8 Å². The van der Waals surface area contributed by atoms with E-state index >= 15 is 0 Å². The third-order valence-electron chi connectivity index (χ3n) is 7.90. The minimum absolute atomic E-state index is 0.00785. The smallest absolute Gasteiger partial charge is 0.335 e. The van der Waals surface area contributed by atoms with Gasteiger partial charge in [-0.25, -0.2) is 29.0 Å². The standard InChI is InChI=1S/C32H34O16/c33-19-7-1-17(2-8-19)5-11-25(36)45-22-14-32(44,30(41)42)15-23(27(22)38)47-48-28-21(35)13-31(43,29(39)40)16-24(28)46-26(37)12-6-18-3-9-20(34)10-4-18/h1-12,21-24,27-28,33-35,38,43-44H,13-16H2,(H,39,40)(H,41,42)/t21-,22-,23-,24-,27+,28-,31+,32-/m1/s1. The number of hydrogen-bond acceptors (Lipinski definition) is 14. The van der Waals surface area contributed by atoms with E-state index in [2.05, 4.69) is 0 Å². The maximum absolute atomic E-state index is 12.6. The Morgan fingerprint density at radius 3 is 1.52 bits per heavy atom. The van der Waals surface area contributed by atoms with Crippen LogP contribution < -0.4 is 0 Å². The number of esters is 2. The Balaban J connectivity index is 1.48. The molecule has 16 heteroatoms. The molecule has 0 amide bonds. The molecule has 2 saturated carbocycles. The molecule has 0 unspecified atom stereocenters. The molecule has 0 spiro atoms. The van der Waals surface area contributed by atoms with Crippen molar-refractivity contribution in [2.75, 3.05) is 0 Å². The van der Waals surface area contributed by atoms with Gasteiger partial charge < -0.3 is 50.3 Å². The summed E-state index contributed by atoms with van der Waals surface area (Å²) in [6.07, 6.45) is -8.87. The van der Waals surface area contributed by atoms with E-state index in [0.717, 1.165) is 12.2 Å². The van der Waals surface area contributed by atoms with Crippen LogP contribution in [0.5, 0.6) is 11.5 Å². The molecule has 258 valence electrons. The first-order valence-corrected chi connectivity index (χ1v) is 14.5. The van der Waals surface area contributed by atoms with Gasteiger partial charge in [-0.05, 0) is 47.5 Å². The molecule has 2 aliphatic carbocycles. The van der Waals surface area contributed by atoms with Gasteiger partial charge in [0.25, 0.3) is 0 Å². The van der Waals surface area contributed by atoms with Gasteiger partial charge in [-0.1, -0.05) is 24.3 Å². The van der Waals surface area contributed by atoms with Crippen molar-refractivity contribution >= 4 is 36.0 Å². The van der Waals surface area contributed by atoms with Crippen molar-refractivity contribution < 1.29 is 79.3 Å². The lowest BCUT2D eigenvalue weighted by molar-refractivity contribution is -0.401. The van der Waals surface area contributed by atoms with Gasteiger partial charge in [-0.15, -0.1) is 0 Å². The lowest BCUT2D eigenvalue weighted by atomic mass is 9.79. The van der Waals surface area contributed by atoms with Crippen molar-refractivity contribution in [1.29, 1.82) is 0 Å². The van der Waals surface area contributed by atoms with E-state index in [0.29, 0.717) is 11.1 Å². The lowest BCUT2D eigenvalue weighted by Gasteiger charge is -2.43. The van der Waals surface area contributed by atoms with Crippen molar-refractivity contribution in [2.45, 2.75) is 73.5 Å². The van der Waals surface area contributed by atoms with Gasteiger partial charge in [-0.3, -0.25) is 0 Å². The number of rotatable bonds is 11. The summed E-state index contributed by atoms with van der Waals surface area (Å²) in [5.41, 5.74) is -4.16. The zero-order valence-electron chi connectivity index (χ0n) is 25.1. The number of phenolic OH excluding ortho intramolecular Hbond substituents is 2. The number of aromatic hydroxyl groups is 2. The quantitative estimate of drug-likeness (QED) is 0.0688. The van der Waals surface area contributed by atoms with Crippen molar-refractivity contribution in [3.8, 4) is 11.5 Å². The number of carbonyl (C=O) groups is 4. The average molecular weight is 675 g/mol. The molecule has 0 heterocycles. The predicted octanol–water partition coefficient (Wildman–Crippen LogP) is 0.274. The van der Waals surface area contributed by atoms with Gasteiger partial charge in [0.1, 0.15) is 35.9 Å².